The lowest BCUT2D eigenvalue weighted by Crippen LogP contribution is -2.37. The van der Waals surface area contributed by atoms with Gasteiger partial charge in [-0.3, -0.25) is 0 Å². The highest BCUT2D eigenvalue weighted by Crippen LogP contribution is 2.41. The van der Waals surface area contributed by atoms with Gasteiger partial charge < -0.3 is 0 Å². The van der Waals surface area contributed by atoms with Crippen LogP contribution in [0, 0.1) is 11.2 Å². The Bertz CT molecular complexity index is 841. The highest BCUT2D eigenvalue weighted by molar-refractivity contribution is 7.89. The van der Waals surface area contributed by atoms with Crippen molar-refractivity contribution >= 4 is 10.0 Å². The lowest BCUT2D eigenvalue weighted by molar-refractivity contribution is 0.269. The van der Waals surface area contributed by atoms with Gasteiger partial charge in [-0.25, -0.2) is 22.2 Å². The summed E-state index contributed by atoms with van der Waals surface area (Å²) >= 11 is 0. The van der Waals surface area contributed by atoms with Gasteiger partial charge in [0.15, 0.2) is 0 Å². The number of nitrogens with one attached hydrogen (secondary N) is 1. The van der Waals surface area contributed by atoms with Gasteiger partial charge in [-0.1, -0.05) is 13.8 Å². The normalized spacial score (nSPS) is 19.9. The standard InChI is InChI=1S/C17H22FN3O2S/c1-4-24(22,23)20-15-9-17(2,3)10-16-14(15)11-19-21(16)13-7-5-12(18)6-8-13/h5-8,11,15,20H,4,9-10H2,1-3H3. The van der Waals surface area contributed by atoms with E-state index >= 15 is 0 Å². The highest BCUT2D eigenvalue weighted by Gasteiger charge is 2.36. The molecule has 0 radical (unpaired) electrons. The van der Waals surface area contributed by atoms with Crippen molar-refractivity contribution in [2.24, 2.45) is 5.41 Å². The number of hydrogen-bond donors (Lipinski definition) is 1. The van der Waals surface area contributed by atoms with Crippen molar-refractivity contribution < 1.29 is 12.8 Å². The number of nitrogens with zero attached hydrogens (tertiary/aromatic N) is 2. The van der Waals surface area contributed by atoms with Crippen molar-refractivity contribution in [2.45, 2.75) is 39.7 Å². The Balaban J connectivity index is 2.04. The van der Waals surface area contributed by atoms with E-state index in [1.54, 1.807) is 29.9 Å². The fourth-order valence-corrected chi connectivity index (χ4v) is 4.06. The summed E-state index contributed by atoms with van der Waals surface area (Å²) in [6, 6.07) is 5.86. The lowest BCUT2D eigenvalue weighted by atomic mass is 9.74. The zero-order valence-corrected chi connectivity index (χ0v) is 14.9. The largest absolute Gasteiger partial charge is 0.237 e. The summed E-state index contributed by atoms with van der Waals surface area (Å²) in [6.45, 7) is 5.86. The molecule has 1 N–H and O–H groups in total. The average molecular weight is 351 g/mol. The van der Waals surface area contributed by atoms with Gasteiger partial charge >= 0.3 is 0 Å². The molecule has 1 unspecified atom stereocenters. The van der Waals surface area contributed by atoms with Crippen LogP contribution < -0.4 is 4.72 Å². The molecule has 1 aliphatic carbocycles. The van der Waals surface area contributed by atoms with E-state index in [2.05, 4.69) is 23.7 Å². The molecule has 1 atom stereocenters. The fraction of sp³-hybridized carbons (Fsp3) is 0.471. The Hall–Kier alpha value is -1.73. The summed E-state index contributed by atoms with van der Waals surface area (Å²) in [5.41, 5.74) is 2.58. The van der Waals surface area contributed by atoms with Gasteiger partial charge in [-0.15, -0.1) is 0 Å². The monoisotopic (exact) mass is 351 g/mol. The molecule has 0 bridgehead atoms. The van der Waals surface area contributed by atoms with Gasteiger partial charge in [0.2, 0.25) is 10.0 Å². The van der Waals surface area contributed by atoms with Gasteiger partial charge in [0.25, 0.3) is 0 Å². The van der Waals surface area contributed by atoms with Crippen LogP contribution >= 0.6 is 0 Å². The van der Waals surface area contributed by atoms with Crippen molar-refractivity contribution in [3.05, 3.63) is 47.5 Å². The Labute approximate surface area is 141 Å². The number of hydrogen-bond acceptors (Lipinski definition) is 3. The average Bonchev–Trinajstić information content (AvgIpc) is 2.90. The van der Waals surface area contributed by atoms with Crippen LogP contribution in [0.15, 0.2) is 30.5 Å². The second-order valence-electron chi connectivity index (χ2n) is 7.05. The third kappa shape index (κ3) is 3.37. The molecule has 1 aromatic carbocycles. The maximum Gasteiger partial charge on any atom is 0.211 e. The Morgan fingerprint density at radius 1 is 1.33 bits per heavy atom. The number of halogens is 1. The first-order valence-electron chi connectivity index (χ1n) is 8.03. The van der Waals surface area contributed by atoms with Crippen LogP contribution in [0.4, 0.5) is 4.39 Å². The van der Waals surface area contributed by atoms with Gasteiger partial charge in [0, 0.05) is 11.3 Å². The molecule has 0 saturated heterocycles. The van der Waals surface area contributed by atoms with Gasteiger partial charge in [-0.05, 0) is 49.4 Å². The van der Waals surface area contributed by atoms with Crippen LogP contribution in [-0.2, 0) is 16.4 Å². The zero-order chi connectivity index (χ0) is 17.5. The van der Waals surface area contributed by atoms with Crippen LogP contribution in [0.5, 0.6) is 0 Å². The van der Waals surface area contributed by atoms with Crippen LogP contribution in [0.1, 0.15) is 44.5 Å². The molecule has 0 spiro atoms. The fourth-order valence-electron chi connectivity index (χ4n) is 3.25. The van der Waals surface area contributed by atoms with E-state index in [-0.39, 0.29) is 23.0 Å². The maximum atomic E-state index is 13.2. The summed E-state index contributed by atoms with van der Waals surface area (Å²) < 4.78 is 41.8. The van der Waals surface area contributed by atoms with E-state index in [4.69, 9.17) is 0 Å². The van der Waals surface area contributed by atoms with E-state index in [0.717, 1.165) is 23.4 Å². The summed E-state index contributed by atoms with van der Waals surface area (Å²) in [5, 5.41) is 4.43. The van der Waals surface area contributed by atoms with E-state index in [1.807, 2.05) is 0 Å². The number of benzene rings is 1. The SMILES string of the molecule is CCS(=O)(=O)NC1CC(C)(C)Cc2c1cnn2-c1ccc(F)cc1. The van der Waals surface area contributed by atoms with Gasteiger partial charge in [0.05, 0.1) is 23.7 Å². The highest BCUT2D eigenvalue weighted by atomic mass is 32.2. The van der Waals surface area contributed by atoms with Crippen molar-refractivity contribution in [2.75, 3.05) is 5.75 Å². The summed E-state index contributed by atoms with van der Waals surface area (Å²) in [4.78, 5) is 0. The van der Waals surface area contributed by atoms with E-state index in [1.165, 1.54) is 12.1 Å². The van der Waals surface area contributed by atoms with Crippen LogP contribution in [0.2, 0.25) is 0 Å². The summed E-state index contributed by atoms with van der Waals surface area (Å²) in [6.07, 6.45) is 3.22. The van der Waals surface area contributed by atoms with E-state index in [0.29, 0.717) is 6.42 Å². The van der Waals surface area contributed by atoms with Crippen LogP contribution in [-0.4, -0.2) is 24.0 Å². The molecule has 130 valence electrons. The molecule has 0 saturated carbocycles. The van der Waals surface area contributed by atoms with E-state index < -0.39 is 10.0 Å². The molecule has 0 aliphatic heterocycles. The minimum Gasteiger partial charge on any atom is -0.237 e. The maximum absolute atomic E-state index is 13.2. The first-order chi connectivity index (χ1) is 11.2. The van der Waals surface area contributed by atoms with Gasteiger partial charge in [-0.2, -0.15) is 5.10 Å². The predicted octanol–water partition coefficient (Wildman–Crippen LogP) is 2.96. The number of aromatic nitrogens is 2. The topological polar surface area (TPSA) is 64.0 Å². The summed E-state index contributed by atoms with van der Waals surface area (Å²) in [7, 11) is -3.31. The minimum atomic E-state index is -3.31. The molecular formula is C17H22FN3O2S. The molecule has 2 aromatic rings. The minimum absolute atomic E-state index is 0.0470. The second-order valence-corrected chi connectivity index (χ2v) is 9.10. The first-order valence-corrected chi connectivity index (χ1v) is 9.69. The van der Waals surface area contributed by atoms with Crippen LogP contribution in [0.3, 0.4) is 0 Å². The Morgan fingerprint density at radius 3 is 2.62 bits per heavy atom. The molecule has 0 fully saturated rings. The Morgan fingerprint density at radius 2 is 2.00 bits per heavy atom. The molecule has 1 heterocycles. The van der Waals surface area contributed by atoms with Gasteiger partial charge in [0.1, 0.15) is 5.82 Å². The summed E-state index contributed by atoms with van der Waals surface area (Å²) in [5.74, 6) is -0.251. The second kappa shape index (κ2) is 5.97. The molecule has 7 heteroatoms. The first kappa shape index (κ1) is 17.1. The molecule has 0 amide bonds. The van der Waals surface area contributed by atoms with Crippen molar-refractivity contribution in [3.8, 4) is 5.69 Å². The number of rotatable bonds is 4. The quantitative estimate of drug-likeness (QED) is 0.921. The number of fused-ring (bicyclic) bond motifs is 1. The molecular weight excluding hydrogens is 329 g/mol. The Kier molecular flexibility index (Phi) is 4.25. The number of sulfonamides is 1. The predicted molar refractivity (Wildman–Crippen MR) is 91.0 cm³/mol. The molecule has 5 nitrogen and oxygen atoms in total. The molecule has 1 aromatic heterocycles. The lowest BCUT2D eigenvalue weighted by Gasteiger charge is -2.35. The van der Waals surface area contributed by atoms with Crippen molar-refractivity contribution in [3.63, 3.8) is 0 Å². The van der Waals surface area contributed by atoms with Crippen molar-refractivity contribution in [1.82, 2.24) is 14.5 Å². The third-order valence-electron chi connectivity index (χ3n) is 4.45. The third-order valence-corrected chi connectivity index (χ3v) is 5.86. The smallest absolute Gasteiger partial charge is 0.211 e. The van der Waals surface area contributed by atoms with Crippen molar-refractivity contribution in [1.29, 1.82) is 0 Å². The molecule has 24 heavy (non-hydrogen) atoms. The molecule has 3 rings (SSSR count). The van der Waals surface area contributed by atoms with Crippen LogP contribution in [0.25, 0.3) is 5.69 Å². The molecule has 1 aliphatic rings. The zero-order valence-electron chi connectivity index (χ0n) is 14.1. The van der Waals surface area contributed by atoms with E-state index in [9.17, 15) is 12.8 Å².